The number of fused-ring (bicyclic) bond motifs is 2. The van der Waals surface area contributed by atoms with Gasteiger partial charge in [-0.25, -0.2) is 4.98 Å². The molecule has 2 heterocycles. The average molecular weight is 341 g/mol. The summed E-state index contributed by atoms with van der Waals surface area (Å²) in [6.07, 6.45) is 8.91. The number of rotatable bonds is 4. The van der Waals surface area contributed by atoms with E-state index in [0.29, 0.717) is 5.92 Å². The Morgan fingerprint density at radius 1 is 1.29 bits per heavy atom. The van der Waals surface area contributed by atoms with Crippen molar-refractivity contribution < 1.29 is 4.79 Å². The molecule has 24 heavy (non-hydrogen) atoms. The molecule has 0 radical (unpaired) electrons. The second-order valence-corrected chi connectivity index (χ2v) is 8.27. The minimum Gasteiger partial charge on any atom is -0.349 e. The highest BCUT2D eigenvalue weighted by Gasteiger charge is 2.42. The molecule has 2 fully saturated rings. The zero-order valence-electron chi connectivity index (χ0n) is 14.2. The maximum atomic E-state index is 12.7. The van der Waals surface area contributed by atoms with Crippen LogP contribution in [0.5, 0.6) is 0 Å². The van der Waals surface area contributed by atoms with Gasteiger partial charge in [0.05, 0.1) is 5.69 Å². The normalized spacial score (nSPS) is 26.5. The highest BCUT2D eigenvalue weighted by atomic mass is 32.1. The molecule has 4 rings (SSSR count). The average Bonchev–Trinajstić information content (AvgIpc) is 3.30. The number of nitrogens with zero attached hydrogens (tertiary/aromatic N) is 2. The van der Waals surface area contributed by atoms with E-state index in [4.69, 9.17) is 0 Å². The van der Waals surface area contributed by atoms with Crippen LogP contribution in [-0.4, -0.2) is 21.9 Å². The number of thiazole rings is 1. The summed E-state index contributed by atoms with van der Waals surface area (Å²) in [5.74, 6) is 2.41. The van der Waals surface area contributed by atoms with E-state index in [-0.39, 0.29) is 11.9 Å². The minimum absolute atomic E-state index is 0.0283. The van der Waals surface area contributed by atoms with E-state index >= 15 is 0 Å². The molecule has 0 aliphatic heterocycles. The summed E-state index contributed by atoms with van der Waals surface area (Å²) in [4.78, 5) is 22.1. The van der Waals surface area contributed by atoms with Gasteiger partial charge < -0.3 is 5.32 Å². The van der Waals surface area contributed by atoms with Crippen LogP contribution in [0.1, 0.15) is 48.0 Å². The van der Waals surface area contributed by atoms with Gasteiger partial charge in [0, 0.05) is 24.0 Å². The Kier molecular flexibility index (Phi) is 4.12. The van der Waals surface area contributed by atoms with Crippen molar-refractivity contribution in [1.29, 1.82) is 0 Å². The highest BCUT2D eigenvalue weighted by molar-refractivity contribution is 7.17. The fourth-order valence-electron chi connectivity index (χ4n) is 4.51. The predicted octanol–water partition coefficient (Wildman–Crippen LogP) is 4.07. The first-order valence-corrected chi connectivity index (χ1v) is 9.62. The maximum absolute atomic E-state index is 12.7. The van der Waals surface area contributed by atoms with Crippen LogP contribution in [0, 0.1) is 24.7 Å². The topological polar surface area (TPSA) is 54.9 Å². The van der Waals surface area contributed by atoms with Gasteiger partial charge in [-0.3, -0.25) is 9.78 Å². The molecule has 4 atom stereocenters. The third-order valence-corrected chi connectivity index (χ3v) is 6.93. The van der Waals surface area contributed by atoms with Gasteiger partial charge in [0.25, 0.3) is 5.91 Å². The van der Waals surface area contributed by atoms with E-state index in [1.165, 1.54) is 37.0 Å². The Hall–Kier alpha value is -1.75. The van der Waals surface area contributed by atoms with E-state index in [1.54, 1.807) is 12.4 Å². The quantitative estimate of drug-likeness (QED) is 0.912. The number of carbonyl (C=O) groups is 1. The zero-order chi connectivity index (χ0) is 16.7. The molecule has 5 heteroatoms. The van der Waals surface area contributed by atoms with Gasteiger partial charge >= 0.3 is 0 Å². The van der Waals surface area contributed by atoms with Gasteiger partial charge in [0.2, 0.25) is 0 Å². The first-order chi connectivity index (χ1) is 11.6. The fraction of sp³-hybridized carbons (Fsp3) is 0.526. The zero-order valence-corrected chi connectivity index (χ0v) is 15.0. The lowest BCUT2D eigenvalue weighted by molar-refractivity contribution is 0.0918. The largest absolute Gasteiger partial charge is 0.349 e. The summed E-state index contributed by atoms with van der Waals surface area (Å²) >= 11 is 1.47. The molecule has 1 amide bonds. The number of aryl methyl sites for hydroxylation is 1. The molecule has 2 aromatic rings. The molecule has 0 aromatic carbocycles. The molecule has 2 bridgehead atoms. The summed E-state index contributed by atoms with van der Waals surface area (Å²) < 4.78 is 0. The van der Waals surface area contributed by atoms with Gasteiger partial charge in [0.15, 0.2) is 0 Å². The maximum Gasteiger partial charge on any atom is 0.263 e. The number of aromatic nitrogens is 2. The molecule has 4 nitrogen and oxygen atoms in total. The number of pyridine rings is 1. The first kappa shape index (κ1) is 15.8. The van der Waals surface area contributed by atoms with E-state index in [2.05, 4.69) is 22.2 Å². The standard InChI is InChI=1S/C19H23N3OS/c1-11(16-10-13-3-4-15(16)9-13)21-18(23)17-12(2)22-19(24-17)14-5-7-20-8-6-14/h5-8,11,13,15-16H,3-4,9-10H2,1-2H3,(H,21,23). The van der Waals surface area contributed by atoms with Crippen molar-refractivity contribution in [2.75, 3.05) is 0 Å². The number of amides is 1. The van der Waals surface area contributed by atoms with Gasteiger partial charge in [0.1, 0.15) is 9.88 Å². The van der Waals surface area contributed by atoms with Gasteiger partial charge in [-0.05, 0) is 63.0 Å². The minimum atomic E-state index is 0.0283. The molecule has 2 aliphatic rings. The molecule has 0 spiro atoms. The van der Waals surface area contributed by atoms with Crippen LogP contribution < -0.4 is 5.32 Å². The van der Waals surface area contributed by atoms with Crippen molar-refractivity contribution in [2.45, 2.75) is 45.6 Å². The van der Waals surface area contributed by atoms with Crippen molar-refractivity contribution in [3.8, 4) is 10.6 Å². The second-order valence-electron chi connectivity index (χ2n) is 7.27. The second kappa shape index (κ2) is 6.28. The smallest absolute Gasteiger partial charge is 0.263 e. The molecule has 2 aliphatic carbocycles. The highest BCUT2D eigenvalue weighted by Crippen LogP contribution is 2.49. The van der Waals surface area contributed by atoms with Crippen LogP contribution in [0.4, 0.5) is 0 Å². The van der Waals surface area contributed by atoms with Crippen LogP contribution >= 0.6 is 11.3 Å². The summed E-state index contributed by atoms with van der Waals surface area (Å²) in [5, 5.41) is 4.13. The number of hydrogen-bond donors (Lipinski definition) is 1. The van der Waals surface area contributed by atoms with Gasteiger partial charge in [-0.15, -0.1) is 11.3 Å². The molecular formula is C19H23N3OS. The number of carbonyl (C=O) groups excluding carboxylic acids is 1. The Morgan fingerprint density at radius 2 is 2.08 bits per heavy atom. The van der Waals surface area contributed by atoms with E-state index in [0.717, 1.165) is 33.0 Å². The Morgan fingerprint density at radius 3 is 2.75 bits per heavy atom. The third-order valence-electron chi connectivity index (χ3n) is 5.72. The lowest BCUT2D eigenvalue weighted by Gasteiger charge is -2.28. The third kappa shape index (κ3) is 2.86. The van der Waals surface area contributed by atoms with E-state index in [9.17, 15) is 4.79 Å². The Balaban J connectivity index is 1.47. The Bertz CT molecular complexity index is 742. The first-order valence-electron chi connectivity index (χ1n) is 8.80. The predicted molar refractivity (Wildman–Crippen MR) is 95.9 cm³/mol. The van der Waals surface area contributed by atoms with Crippen LogP contribution in [0.15, 0.2) is 24.5 Å². The van der Waals surface area contributed by atoms with Crippen molar-refractivity contribution >= 4 is 17.2 Å². The lowest BCUT2D eigenvalue weighted by atomic mass is 9.84. The summed E-state index contributed by atoms with van der Waals surface area (Å²) in [6, 6.07) is 4.11. The molecule has 2 aromatic heterocycles. The van der Waals surface area contributed by atoms with Gasteiger partial charge in [-0.2, -0.15) is 0 Å². The van der Waals surface area contributed by atoms with Crippen molar-refractivity contribution in [1.82, 2.24) is 15.3 Å². The molecule has 4 unspecified atom stereocenters. The fourth-order valence-corrected chi connectivity index (χ4v) is 5.49. The van der Waals surface area contributed by atoms with Crippen molar-refractivity contribution in [3.63, 3.8) is 0 Å². The van der Waals surface area contributed by atoms with Crippen LogP contribution in [0.2, 0.25) is 0 Å². The van der Waals surface area contributed by atoms with Crippen molar-refractivity contribution in [2.24, 2.45) is 17.8 Å². The Labute approximate surface area is 146 Å². The molecule has 126 valence electrons. The van der Waals surface area contributed by atoms with Crippen LogP contribution in [0.3, 0.4) is 0 Å². The summed E-state index contributed by atoms with van der Waals surface area (Å²) in [7, 11) is 0. The monoisotopic (exact) mass is 341 g/mol. The van der Waals surface area contributed by atoms with E-state index in [1.807, 2.05) is 19.1 Å². The lowest BCUT2D eigenvalue weighted by Crippen LogP contribution is -2.40. The molecule has 1 N–H and O–H groups in total. The molecular weight excluding hydrogens is 318 g/mol. The molecule has 2 saturated carbocycles. The van der Waals surface area contributed by atoms with Crippen molar-refractivity contribution in [3.05, 3.63) is 35.1 Å². The molecule has 0 saturated heterocycles. The number of hydrogen-bond acceptors (Lipinski definition) is 4. The van der Waals surface area contributed by atoms with Crippen LogP contribution in [0.25, 0.3) is 10.6 Å². The van der Waals surface area contributed by atoms with E-state index < -0.39 is 0 Å². The summed E-state index contributed by atoms with van der Waals surface area (Å²) in [5.41, 5.74) is 1.82. The van der Waals surface area contributed by atoms with Gasteiger partial charge in [-0.1, -0.05) is 6.42 Å². The number of nitrogens with one attached hydrogen (secondary N) is 1. The summed E-state index contributed by atoms with van der Waals surface area (Å²) in [6.45, 7) is 4.09. The van der Waals surface area contributed by atoms with Crippen LogP contribution in [-0.2, 0) is 0 Å². The SMILES string of the molecule is Cc1nc(-c2ccncc2)sc1C(=O)NC(C)C1CC2CCC1C2.